The van der Waals surface area contributed by atoms with Gasteiger partial charge in [-0.3, -0.25) is 81.7 Å². The summed E-state index contributed by atoms with van der Waals surface area (Å²) in [5.74, 6) is -20.0. The van der Waals surface area contributed by atoms with E-state index in [0.717, 1.165) is 6.92 Å². The van der Waals surface area contributed by atoms with E-state index in [1.807, 2.05) is 6.26 Å². The van der Waals surface area contributed by atoms with E-state index in [0.29, 0.717) is 43.4 Å². The van der Waals surface area contributed by atoms with Gasteiger partial charge in [-0.2, -0.15) is 23.5 Å². The molecule has 0 unspecified atom stereocenters. The highest BCUT2D eigenvalue weighted by molar-refractivity contribution is 7.98. The largest absolute Gasteiger partial charge is 0.508 e. The lowest BCUT2D eigenvalue weighted by Crippen LogP contribution is -2.52. The van der Waals surface area contributed by atoms with Crippen molar-refractivity contribution in [3.8, 4) is 5.75 Å². The van der Waals surface area contributed by atoms with E-state index in [9.17, 15) is 97.1 Å². The number of nitrogens with two attached hydrogens (primary N) is 7. The van der Waals surface area contributed by atoms with Gasteiger partial charge in [-0.05, 0) is 171 Å². The predicted octanol–water partition coefficient (Wildman–Crippen LogP) is -2.07. The van der Waals surface area contributed by atoms with Gasteiger partial charge in [0, 0.05) is 75.7 Å². The van der Waals surface area contributed by atoms with Crippen molar-refractivity contribution >= 4 is 123 Å². The summed E-state index contributed by atoms with van der Waals surface area (Å²) < 4.78 is 0. The molecule has 0 saturated heterocycles. The van der Waals surface area contributed by atoms with Crippen LogP contribution in [0.25, 0.3) is 0 Å². The maximum atomic E-state index is 14.8. The van der Waals surface area contributed by atoms with Crippen molar-refractivity contribution < 1.29 is 97.1 Å². The van der Waals surface area contributed by atoms with Crippen molar-refractivity contribution in [1.29, 1.82) is 0 Å². The van der Waals surface area contributed by atoms with Crippen LogP contribution in [0.5, 0.6) is 5.75 Å². The third-order valence-corrected chi connectivity index (χ3v) is 19.7. The van der Waals surface area contributed by atoms with Gasteiger partial charge in [0.15, 0.2) is 34.9 Å². The Kier molecular flexibility index (Phi) is 51.1. The molecule has 36 nitrogen and oxygen atoms in total. The number of benzene rings is 1. The van der Waals surface area contributed by atoms with E-state index in [1.54, 1.807) is 20.1 Å². The summed E-state index contributed by atoms with van der Waals surface area (Å²) in [6.45, 7) is 4.94. The van der Waals surface area contributed by atoms with E-state index in [-0.39, 0.29) is 120 Å². The van der Waals surface area contributed by atoms with Gasteiger partial charge >= 0.3 is 5.97 Å². The minimum Gasteiger partial charge on any atom is -0.508 e. The van der Waals surface area contributed by atoms with Crippen LogP contribution in [-0.4, -0.2) is 232 Å². The summed E-state index contributed by atoms with van der Waals surface area (Å²) in [5.41, 5.74) is 40.0. The number of rotatable bonds is 64. The molecule has 632 valence electrons. The molecule has 0 fully saturated rings. The van der Waals surface area contributed by atoms with Gasteiger partial charge in [-0.1, -0.05) is 32.4 Å². The van der Waals surface area contributed by atoms with Crippen molar-refractivity contribution in [2.75, 3.05) is 63.3 Å². The SMILES string of the molecule is CSCC[C@H](CC(=O)[C@H](CO)NC(=O)[C@H](CCCN=C(N)N)CC(=O)[C@H](CC(C)C)NC(=O)[C@H](CCCCN)CC(=O)[C@H](CCCCN)NC(=O)[C@H](CCC(N)=O)CC(=O)[C@H](Cc1ccc(O)cc1)NC(=O)CNC(=O)[C@H](CCSC)NC(C)=O)C(=O)N[C@H](C(=O)C[C@@H](CC(=O)O)C(=O)N[C@@H](CCCCN)C(N)=O)[C@@H](C)O. The average Bonchev–Trinajstić information content (AvgIpc) is 0.858. The fourth-order valence-electron chi connectivity index (χ4n) is 12.2. The molecular formula is C74H124N16O20S2. The number of phenolic OH excluding ortho intramolecular Hbond substituents is 1. The van der Waals surface area contributed by atoms with Crippen LogP contribution >= 0.6 is 23.5 Å². The molecule has 0 aliphatic rings. The minimum absolute atomic E-state index is 0.00544. The molecule has 0 bridgehead atoms. The van der Waals surface area contributed by atoms with Gasteiger partial charge in [0.25, 0.3) is 0 Å². The fraction of sp³-hybridized carbons (Fsp3) is 0.689. The summed E-state index contributed by atoms with van der Waals surface area (Å²) in [6, 6.07) is -3.92. The zero-order chi connectivity index (χ0) is 84.6. The van der Waals surface area contributed by atoms with Crippen molar-refractivity contribution in [2.24, 2.45) is 80.6 Å². The van der Waals surface area contributed by atoms with Gasteiger partial charge in [0.1, 0.15) is 29.9 Å². The first-order valence-electron chi connectivity index (χ1n) is 37.9. The second kappa shape index (κ2) is 56.5. The van der Waals surface area contributed by atoms with E-state index in [2.05, 4.69) is 47.5 Å². The van der Waals surface area contributed by atoms with Crippen LogP contribution < -0.4 is 82.7 Å². The van der Waals surface area contributed by atoms with E-state index in [4.69, 9.17) is 40.1 Å². The molecule has 10 amide bonds. The number of hydrogen-bond acceptors (Lipinski definition) is 25. The van der Waals surface area contributed by atoms with Gasteiger partial charge in [0.2, 0.25) is 59.1 Å². The number of nitrogens with zero attached hydrogens (tertiary/aromatic N) is 1. The lowest BCUT2D eigenvalue weighted by atomic mass is 9.87. The standard InChI is InChI=1S/C74H124N16O20S2/c1-42(2)32-55(59(96)35-47(15-13-29-82-74(80)81)69(106)89-57(41-91)61(98)37-49(24-30-111-5)71(108)90-66(43(3)92)62(99)38-50(39-65(102)103)72(109)87-53(67(79)104)17-9-12-28-77)88-68(105)46(14-7-10-26-75)34-58(95)52(16-8-11-27-76)86-70(107)48(20-23-63(78)100)36-60(97)56(33-45-18-21-51(94)22-19-45)85-64(101)40-83-73(110)54(25-31-112-6)84-44(4)93/h18-19,21-22,42-43,46-50,52-57,66,91-92,94H,7-17,20,23-41,75-77H2,1-6H3,(H2,78,100)(H2,79,104)(H,83,110)(H,84,93)(H,85,101)(H,86,107)(H,87,109)(H,88,105)(H,89,106)(H,90,108)(H,102,103)(H4,80,81,82)/t43-,46-,47-,48-,49-,50+,52+,53+,54+,55+,56+,57+,66+/m1/s1. The number of amides is 10. The number of phenols is 1. The second-order valence-electron chi connectivity index (χ2n) is 28.5. The third-order valence-electron chi connectivity index (χ3n) is 18.4. The van der Waals surface area contributed by atoms with Crippen molar-refractivity contribution in [3.63, 3.8) is 0 Å². The summed E-state index contributed by atoms with van der Waals surface area (Å²) in [4.78, 5) is 223. The number of aliphatic hydroxyl groups is 2. The maximum absolute atomic E-state index is 14.8. The van der Waals surface area contributed by atoms with Crippen molar-refractivity contribution in [3.05, 3.63) is 29.8 Å². The molecule has 112 heavy (non-hydrogen) atoms. The average molecular weight is 1620 g/mol. The first-order chi connectivity index (χ1) is 52.9. The summed E-state index contributed by atoms with van der Waals surface area (Å²) in [7, 11) is 0. The number of primary amides is 2. The number of Topliss-reactive ketones (excluding diaryl/α,β-unsaturated/α-hetero) is 5. The van der Waals surface area contributed by atoms with Gasteiger partial charge in [-0.15, -0.1) is 0 Å². The zero-order valence-electron chi connectivity index (χ0n) is 65.4. The van der Waals surface area contributed by atoms with Crippen LogP contribution in [0, 0.1) is 35.5 Å². The maximum Gasteiger partial charge on any atom is 0.304 e. The first kappa shape index (κ1) is 101. The molecule has 26 N–H and O–H groups in total. The number of aliphatic carboxylic acids is 1. The molecule has 0 aliphatic heterocycles. The number of hydrogen-bond donors (Lipinski definition) is 19. The van der Waals surface area contributed by atoms with Crippen molar-refractivity contribution in [1.82, 2.24) is 42.5 Å². The summed E-state index contributed by atoms with van der Waals surface area (Å²) in [6.07, 6.45) is -0.446. The van der Waals surface area contributed by atoms with Gasteiger partial charge in [0.05, 0.1) is 49.7 Å². The molecule has 1 aromatic carbocycles. The minimum atomic E-state index is -1.75. The number of nitrogens with one attached hydrogen (secondary N) is 8. The molecule has 0 aliphatic carbocycles. The number of carbonyl (C=O) groups is 16. The van der Waals surface area contributed by atoms with E-state index < -0.39 is 230 Å². The molecule has 0 spiro atoms. The molecular weight excluding hydrogens is 1500 g/mol. The Morgan fingerprint density at radius 2 is 0.920 bits per heavy atom. The van der Waals surface area contributed by atoms with E-state index in [1.165, 1.54) is 54.7 Å². The van der Waals surface area contributed by atoms with Crippen molar-refractivity contribution in [2.45, 2.75) is 224 Å². The normalized spacial score (nSPS) is 14.7. The lowest BCUT2D eigenvalue weighted by Gasteiger charge is -2.27. The summed E-state index contributed by atoms with van der Waals surface area (Å²) >= 11 is 2.72. The van der Waals surface area contributed by atoms with E-state index >= 15 is 0 Å². The molecule has 13 atom stereocenters. The van der Waals surface area contributed by atoms with Crippen LogP contribution in [0.4, 0.5) is 0 Å². The number of carboxylic acid groups (broad SMARTS) is 1. The molecule has 0 aromatic heterocycles. The van der Waals surface area contributed by atoms with Crippen LogP contribution in [-0.2, 0) is 83.1 Å². The lowest BCUT2D eigenvalue weighted by molar-refractivity contribution is -0.143. The van der Waals surface area contributed by atoms with Gasteiger partial charge in [-0.25, -0.2) is 0 Å². The Morgan fingerprint density at radius 3 is 1.41 bits per heavy atom. The number of aromatic hydroxyl groups is 1. The first-order valence-corrected chi connectivity index (χ1v) is 40.7. The molecule has 38 heteroatoms. The molecule has 0 radical (unpaired) electrons. The number of ketones is 5. The molecule has 1 aromatic rings. The van der Waals surface area contributed by atoms with Crippen LogP contribution in [0.2, 0.25) is 0 Å². The highest BCUT2D eigenvalue weighted by atomic mass is 32.2. The summed E-state index contributed by atoms with van der Waals surface area (Å²) in [5, 5.41) is 61.7. The molecule has 0 heterocycles. The number of guanidine groups is 1. The van der Waals surface area contributed by atoms with Crippen LogP contribution in [0.1, 0.15) is 175 Å². The highest BCUT2D eigenvalue weighted by Gasteiger charge is 2.39. The second-order valence-corrected chi connectivity index (χ2v) is 30.4. The third kappa shape index (κ3) is 42.3. The number of aliphatic imine (C=N–C) groups is 1. The number of unbranched alkanes of at least 4 members (excludes halogenated alkanes) is 3. The number of aliphatic hydroxyl groups excluding tert-OH is 2. The Bertz CT molecular complexity index is 3260. The molecule has 0 saturated carbocycles. The Balaban J connectivity index is 3.72. The fourth-order valence-corrected chi connectivity index (χ4v) is 13.2. The van der Waals surface area contributed by atoms with Crippen LogP contribution in [0.15, 0.2) is 29.3 Å². The Labute approximate surface area is 663 Å². The topological polar surface area (TPSA) is 645 Å². The monoisotopic (exact) mass is 1620 g/mol. The van der Waals surface area contributed by atoms with Crippen LogP contribution in [0.3, 0.4) is 0 Å². The number of carboxylic acids is 1. The highest BCUT2D eigenvalue weighted by Crippen LogP contribution is 2.25. The number of carbonyl (C=O) groups excluding carboxylic acids is 15. The smallest absolute Gasteiger partial charge is 0.304 e. The quantitative estimate of drug-likeness (QED) is 0.0189. The number of thioether (sulfide) groups is 2. The predicted molar refractivity (Wildman–Crippen MR) is 422 cm³/mol. The Hall–Kier alpha value is -8.69. The zero-order valence-corrected chi connectivity index (χ0v) is 67.1. The molecule has 1 rings (SSSR count). The van der Waals surface area contributed by atoms with Gasteiger partial charge < -0.3 is 103 Å². The Morgan fingerprint density at radius 1 is 0.473 bits per heavy atom.